The van der Waals surface area contributed by atoms with Crippen molar-refractivity contribution in [1.29, 1.82) is 0 Å². The van der Waals surface area contributed by atoms with Crippen LogP contribution in [-0.2, 0) is 28.4 Å². The molecule has 0 aromatic rings. The van der Waals surface area contributed by atoms with Crippen molar-refractivity contribution in [1.82, 2.24) is 0 Å². The van der Waals surface area contributed by atoms with E-state index in [-0.39, 0.29) is 29.9 Å². The Hall–Kier alpha value is -0.280. The van der Waals surface area contributed by atoms with E-state index in [9.17, 15) is 0 Å². The Balaban J connectivity index is -0.000000333. The maximum atomic E-state index is 5.39. The summed E-state index contributed by atoms with van der Waals surface area (Å²) in [5, 5.41) is 0. The predicted molar refractivity (Wildman–Crippen MR) is 91.1 cm³/mol. The first-order valence-corrected chi connectivity index (χ1v) is 7.67. The predicted octanol–water partition coefficient (Wildman–Crippen LogP) is 1.32. The van der Waals surface area contributed by atoms with Crippen molar-refractivity contribution in [2.45, 2.75) is 52.1 Å². The molecule has 0 saturated carbocycles. The summed E-state index contributed by atoms with van der Waals surface area (Å²) >= 11 is 0. The van der Waals surface area contributed by atoms with Crippen LogP contribution in [-0.4, -0.2) is 84.8 Å². The second kappa shape index (κ2) is 19.8. The third-order valence-electron chi connectivity index (χ3n) is 2.84. The summed E-state index contributed by atoms with van der Waals surface area (Å²) in [6.45, 7) is 10.4. The van der Waals surface area contributed by atoms with Gasteiger partial charge in [-0.15, -0.1) is 0 Å². The lowest BCUT2D eigenvalue weighted by Crippen LogP contribution is -2.21. The van der Waals surface area contributed by atoms with Crippen LogP contribution in [0, 0.1) is 0 Å². The smallest absolute Gasteiger partial charge is 0.0781 e. The van der Waals surface area contributed by atoms with Gasteiger partial charge in [0.2, 0.25) is 0 Å². The third kappa shape index (κ3) is 21.7. The van der Waals surface area contributed by atoms with E-state index in [0.29, 0.717) is 26.4 Å². The molecule has 0 radical (unpaired) electrons. The zero-order valence-corrected chi connectivity index (χ0v) is 16.1. The molecule has 7 nitrogen and oxygen atoms in total. The molecule has 144 valence electrons. The van der Waals surface area contributed by atoms with E-state index in [0.717, 1.165) is 0 Å². The molecular formula is C16H38O7. The van der Waals surface area contributed by atoms with Crippen LogP contribution in [0.1, 0.15) is 27.7 Å². The Morgan fingerprint density at radius 3 is 1.04 bits per heavy atom. The van der Waals surface area contributed by atoms with Gasteiger partial charge in [0.25, 0.3) is 0 Å². The summed E-state index contributed by atoms with van der Waals surface area (Å²) in [4.78, 5) is 0. The standard InChI is InChI=1S/2C8H18O3.H2O/c2*1-7(10-4)6-11-8(2)5-9-3;/h2*7-8H,5-6H2,1-4H3;1H2. The first-order chi connectivity index (χ1) is 10.4. The molecule has 0 spiro atoms. The van der Waals surface area contributed by atoms with E-state index in [1.807, 2.05) is 27.7 Å². The summed E-state index contributed by atoms with van der Waals surface area (Å²) in [7, 11) is 6.68. The molecule has 0 amide bonds. The van der Waals surface area contributed by atoms with E-state index in [2.05, 4.69) is 0 Å². The highest BCUT2D eigenvalue weighted by Crippen LogP contribution is 1.96. The molecule has 2 N–H and O–H groups in total. The number of rotatable bonds is 12. The molecule has 0 saturated heterocycles. The van der Waals surface area contributed by atoms with Crippen LogP contribution in [0.5, 0.6) is 0 Å². The van der Waals surface area contributed by atoms with Crippen molar-refractivity contribution in [2.24, 2.45) is 0 Å². The van der Waals surface area contributed by atoms with Gasteiger partial charge in [-0.1, -0.05) is 0 Å². The summed E-state index contributed by atoms with van der Waals surface area (Å²) < 4.78 is 30.6. The second-order valence-electron chi connectivity index (χ2n) is 5.29. The summed E-state index contributed by atoms with van der Waals surface area (Å²) in [6, 6.07) is 0. The Bertz CT molecular complexity index is 195. The maximum Gasteiger partial charge on any atom is 0.0781 e. The third-order valence-corrected chi connectivity index (χ3v) is 2.84. The van der Waals surface area contributed by atoms with Gasteiger partial charge < -0.3 is 33.9 Å². The van der Waals surface area contributed by atoms with Gasteiger partial charge in [-0.2, -0.15) is 0 Å². The lowest BCUT2D eigenvalue weighted by atomic mass is 10.4. The molecule has 0 bridgehead atoms. The second-order valence-corrected chi connectivity index (χ2v) is 5.29. The van der Waals surface area contributed by atoms with E-state index < -0.39 is 0 Å². The van der Waals surface area contributed by atoms with Gasteiger partial charge >= 0.3 is 0 Å². The highest BCUT2D eigenvalue weighted by atomic mass is 16.6. The van der Waals surface area contributed by atoms with E-state index in [1.54, 1.807) is 28.4 Å². The van der Waals surface area contributed by atoms with Crippen LogP contribution in [0.4, 0.5) is 0 Å². The van der Waals surface area contributed by atoms with Crippen molar-refractivity contribution in [3.05, 3.63) is 0 Å². The molecular weight excluding hydrogens is 304 g/mol. The number of methoxy groups -OCH3 is 4. The van der Waals surface area contributed by atoms with Crippen LogP contribution in [0.15, 0.2) is 0 Å². The Morgan fingerprint density at radius 2 is 0.826 bits per heavy atom. The first kappa shape index (κ1) is 27.6. The molecule has 0 aliphatic rings. The van der Waals surface area contributed by atoms with Crippen molar-refractivity contribution >= 4 is 0 Å². The minimum absolute atomic E-state index is 0. The lowest BCUT2D eigenvalue weighted by molar-refractivity contribution is -0.0386. The molecule has 4 atom stereocenters. The van der Waals surface area contributed by atoms with E-state index >= 15 is 0 Å². The Morgan fingerprint density at radius 1 is 0.522 bits per heavy atom. The van der Waals surface area contributed by atoms with E-state index in [1.165, 1.54) is 0 Å². The molecule has 23 heavy (non-hydrogen) atoms. The summed E-state index contributed by atoms with van der Waals surface area (Å²) in [6.07, 6.45) is 0.624. The van der Waals surface area contributed by atoms with Gasteiger partial charge in [0, 0.05) is 28.4 Å². The van der Waals surface area contributed by atoms with Gasteiger partial charge in [0.05, 0.1) is 50.8 Å². The minimum atomic E-state index is 0. The SMILES string of the molecule is COCC(C)OCC(C)OC.COCC(C)OCC(C)OC.O. The quantitative estimate of drug-likeness (QED) is 0.532. The van der Waals surface area contributed by atoms with Crippen LogP contribution < -0.4 is 0 Å². The van der Waals surface area contributed by atoms with Crippen LogP contribution in [0.3, 0.4) is 0 Å². The fraction of sp³-hybridized carbons (Fsp3) is 1.00. The Labute approximate surface area is 141 Å². The van der Waals surface area contributed by atoms with Gasteiger partial charge in [-0.05, 0) is 27.7 Å². The average molecular weight is 342 g/mol. The van der Waals surface area contributed by atoms with E-state index in [4.69, 9.17) is 28.4 Å². The largest absolute Gasteiger partial charge is 0.412 e. The number of hydrogen-bond acceptors (Lipinski definition) is 6. The first-order valence-electron chi connectivity index (χ1n) is 7.67. The minimum Gasteiger partial charge on any atom is -0.412 e. The van der Waals surface area contributed by atoms with Gasteiger partial charge in [0.15, 0.2) is 0 Å². The van der Waals surface area contributed by atoms with Crippen LogP contribution >= 0.6 is 0 Å². The normalized spacial score (nSPS) is 15.7. The van der Waals surface area contributed by atoms with Gasteiger partial charge in [0.1, 0.15) is 0 Å². The molecule has 0 fully saturated rings. The van der Waals surface area contributed by atoms with Crippen molar-refractivity contribution in [2.75, 3.05) is 54.9 Å². The zero-order chi connectivity index (χ0) is 17.4. The van der Waals surface area contributed by atoms with Crippen LogP contribution in [0.25, 0.3) is 0 Å². The highest BCUT2D eigenvalue weighted by molar-refractivity contribution is 4.51. The topological polar surface area (TPSA) is 86.9 Å². The van der Waals surface area contributed by atoms with Crippen molar-refractivity contribution in [3.63, 3.8) is 0 Å². The van der Waals surface area contributed by atoms with Crippen molar-refractivity contribution in [3.8, 4) is 0 Å². The fourth-order valence-electron chi connectivity index (χ4n) is 1.30. The van der Waals surface area contributed by atoms with Crippen molar-refractivity contribution < 1.29 is 33.9 Å². The number of hydrogen-bond donors (Lipinski definition) is 0. The lowest BCUT2D eigenvalue weighted by Gasteiger charge is -2.14. The van der Waals surface area contributed by atoms with Gasteiger partial charge in [-0.25, -0.2) is 0 Å². The maximum absolute atomic E-state index is 5.39. The fourth-order valence-corrected chi connectivity index (χ4v) is 1.30. The Kier molecular flexibility index (Phi) is 23.7. The molecule has 0 aliphatic heterocycles. The monoisotopic (exact) mass is 342 g/mol. The van der Waals surface area contributed by atoms with Crippen LogP contribution in [0.2, 0.25) is 0 Å². The summed E-state index contributed by atoms with van der Waals surface area (Å²) in [5.41, 5.74) is 0. The molecule has 0 aliphatic carbocycles. The zero-order valence-electron chi connectivity index (χ0n) is 16.1. The molecule has 0 aromatic heterocycles. The summed E-state index contributed by atoms with van der Waals surface area (Å²) in [5.74, 6) is 0. The van der Waals surface area contributed by atoms with Gasteiger partial charge in [-0.3, -0.25) is 0 Å². The number of ether oxygens (including phenoxy) is 6. The molecule has 0 rings (SSSR count). The highest BCUT2D eigenvalue weighted by Gasteiger charge is 2.05. The molecule has 4 unspecified atom stereocenters. The molecule has 0 heterocycles. The average Bonchev–Trinajstić information content (AvgIpc) is 2.51. The molecule has 7 heteroatoms. The molecule has 0 aromatic carbocycles.